The number of aromatic nitrogens is 4. The van der Waals surface area contributed by atoms with Gasteiger partial charge >= 0.3 is 5.69 Å². The van der Waals surface area contributed by atoms with Crippen molar-refractivity contribution in [3.8, 4) is 5.69 Å². The SMILES string of the molecule is C=C/C=C(/c1cc(Cl)c2ncn(-c3ccc4[nH]c(=O)[nH]c4c3)c2c1)N(C)Cc1cc(F)c(Cl)cc1Cl. The minimum Gasteiger partial charge on any atom is -0.370 e. The molecule has 10 heteroatoms. The Morgan fingerprint density at radius 1 is 1.08 bits per heavy atom. The third-order valence-electron chi connectivity index (χ3n) is 5.86. The van der Waals surface area contributed by atoms with Gasteiger partial charge in [0, 0.05) is 35.6 Å². The van der Waals surface area contributed by atoms with Crippen molar-refractivity contribution in [2.24, 2.45) is 0 Å². The molecule has 3 aromatic carbocycles. The molecule has 36 heavy (non-hydrogen) atoms. The maximum atomic E-state index is 14.1. The second kappa shape index (κ2) is 9.50. The van der Waals surface area contributed by atoms with E-state index in [1.807, 2.05) is 52.9 Å². The van der Waals surface area contributed by atoms with Gasteiger partial charge in [-0.1, -0.05) is 47.5 Å². The van der Waals surface area contributed by atoms with Crippen LogP contribution in [0, 0.1) is 5.82 Å². The van der Waals surface area contributed by atoms with Crippen molar-refractivity contribution in [3.05, 3.63) is 110 Å². The summed E-state index contributed by atoms with van der Waals surface area (Å²) in [6, 6.07) is 12.1. The number of benzene rings is 3. The highest BCUT2D eigenvalue weighted by molar-refractivity contribution is 6.35. The summed E-state index contributed by atoms with van der Waals surface area (Å²) >= 11 is 18.8. The van der Waals surface area contributed by atoms with Crippen LogP contribution in [-0.4, -0.2) is 31.5 Å². The molecule has 2 heterocycles. The Bertz CT molecular complexity index is 1730. The Hall–Kier alpha value is -3.52. The van der Waals surface area contributed by atoms with Gasteiger partial charge in [0.1, 0.15) is 17.7 Å². The molecule has 5 aromatic rings. The van der Waals surface area contributed by atoms with Crippen molar-refractivity contribution in [2.75, 3.05) is 7.05 Å². The van der Waals surface area contributed by atoms with Crippen molar-refractivity contribution >= 4 is 62.6 Å². The average Bonchev–Trinajstić information content (AvgIpc) is 3.43. The van der Waals surface area contributed by atoms with Crippen molar-refractivity contribution in [1.82, 2.24) is 24.4 Å². The Morgan fingerprint density at radius 3 is 2.64 bits per heavy atom. The number of hydrogen-bond acceptors (Lipinski definition) is 3. The van der Waals surface area contributed by atoms with Gasteiger partial charge in [0.05, 0.1) is 26.6 Å². The normalized spacial score (nSPS) is 12.0. The van der Waals surface area contributed by atoms with Gasteiger partial charge in [0.2, 0.25) is 0 Å². The fourth-order valence-corrected chi connectivity index (χ4v) is 4.88. The molecule has 0 atom stereocenters. The predicted octanol–water partition coefficient (Wildman–Crippen LogP) is 6.95. The number of imidazole rings is 2. The molecule has 2 aromatic heterocycles. The molecule has 2 N–H and O–H groups in total. The molecule has 6 nitrogen and oxygen atoms in total. The van der Waals surface area contributed by atoms with Gasteiger partial charge in [0.25, 0.3) is 0 Å². The number of nitrogens with zero attached hydrogens (tertiary/aromatic N) is 3. The summed E-state index contributed by atoms with van der Waals surface area (Å²) < 4.78 is 16.0. The highest BCUT2D eigenvalue weighted by atomic mass is 35.5. The number of rotatable bonds is 6. The third-order valence-corrected chi connectivity index (χ3v) is 6.79. The Kier molecular flexibility index (Phi) is 6.38. The highest BCUT2D eigenvalue weighted by Crippen LogP contribution is 2.33. The van der Waals surface area contributed by atoms with E-state index < -0.39 is 5.82 Å². The molecule has 0 fully saturated rings. The van der Waals surface area contributed by atoms with Crippen LogP contribution in [0.5, 0.6) is 0 Å². The second-order valence-corrected chi connectivity index (χ2v) is 9.47. The van der Waals surface area contributed by atoms with Gasteiger partial charge in [0.15, 0.2) is 0 Å². The fourth-order valence-electron chi connectivity index (χ4n) is 4.18. The smallest absolute Gasteiger partial charge is 0.323 e. The second-order valence-electron chi connectivity index (χ2n) is 8.25. The monoisotopic (exact) mass is 541 g/mol. The predicted molar refractivity (Wildman–Crippen MR) is 145 cm³/mol. The molecular weight excluding hydrogens is 524 g/mol. The molecule has 0 spiro atoms. The van der Waals surface area contributed by atoms with Crippen LogP contribution < -0.4 is 5.69 Å². The summed E-state index contributed by atoms with van der Waals surface area (Å²) in [7, 11) is 1.86. The van der Waals surface area contributed by atoms with E-state index in [1.54, 1.807) is 12.4 Å². The summed E-state index contributed by atoms with van der Waals surface area (Å²) in [6.45, 7) is 4.16. The number of allylic oxidation sites excluding steroid dienone is 2. The van der Waals surface area contributed by atoms with E-state index in [0.29, 0.717) is 38.7 Å². The molecule has 0 saturated carbocycles. The van der Waals surface area contributed by atoms with Crippen LogP contribution in [0.3, 0.4) is 0 Å². The third kappa shape index (κ3) is 4.41. The van der Waals surface area contributed by atoms with E-state index in [0.717, 1.165) is 22.5 Å². The molecule has 0 radical (unpaired) electrons. The number of nitrogens with one attached hydrogen (secondary N) is 2. The topological polar surface area (TPSA) is 69.7 Å². The molecule has 5 rings (SSSR count). The zero-order chi connectivity index (χ0) is 25.6. The van der Waals surface area contributed by atoms with Crippen LogP contribution >= 0.6 is 34.8 Å². The Morgan fingerprint density at radius 2 is 1.86 bits per heavy atom. The molecule has 0 aliphatic rings. The van der Waals surface area contributed by atoms with Crippen LogP contribution in [-0.2, 0) is 6.54 Å². The quantitative estimate of drug-likeness (QED) is 0.180. The van der Waals surface area contributed by atoms with E-state index in [2.05, 4.69) is 21.5 Å². The maximum Gasteiger partial charge on any atom is 0.323 e. The molecule has 0 aliphatic heterocycles. The number of hydrogen-bond donors (Lipinski definition) is 2. The summed E-state index contributed by atoms with van der Waals surface area (Å²) in [5.74, 6) is -0.534. The van der Waals surface area contributed by atoms with Gasteiger partial charge in [-0.3, -0.25) is 4.57 Å². The molecule has 0 bridgehead atoms. The lowest BCUT2D eigenvalue weighted by atomic mass is 10.1. The minimum atomic E-state index is -0.534. The van der Waals surface area contributed by atoms with Crippen LogP contribution in [0.25, 0.3) is 33.5 Å². The fraction of sp³-hybridized carbons (Fsp3) is 0.0769. The number of aromatic amines is 2. The van der Waals surface area contributed by atoms with Crippen LogP contribution in [0.2, 0.25) is 15.1 Å². The lowest BCUT2D eigenvalue weighted by Gasteiger charge is -2.24. The summed E-state index contributed by atoms with van der Waals surface area (Å²) in [6.07, 6.45) is 5.19. The summed E-state index contributed by atoms with van der Waals surface area (Å²) in [5.41, 5.74) is 5.51. The summed E-state index contributed by atoms with van der Waals surface area (Å²) in [5, 5.41) is 0.813. The molecule has 0 saturated heterocycles. The number of fused-ring (bicyclic) bond motifs is 2. The van der Waals surface area contributed by atoms with Crippen molar-refractivity contribution < 1.29 is 4.39 Å². The first kappa shape index (κ1) is 24.2. The molecule has 0 amide bonds. The Balaban J connectivity index is 1.58. The standard InChI is InChI=1S/C26H19Cl3FN5O/c1-3-4-23(34(2)12-15-8-20(30)18(28)11-17(15)27)14-7-19(29)25-24(9-14)35(13-31-25)16-5-6-21-22(10-16)33-26(36)32-21/h3-11,13H,1,12H2,2H3,(H2,32,33,36)/b23-4-. The van der Waals surface area contributed by atoms with Gasteiger partial charge in [-0.05, 0) is 54.1 Å². The minimum absolute atomic E-state index is 0.0272. The average molecular weight is 543 g/mol. The lowest BCUT2D eigenvalue weighted by molar-refractivity contribution is 0.473. The van der Waals surface area contributed by atoms with Crippen LogP contribution in [0.15, 0.2) is 72.3 Å². The molecule has 0 aliphatic carbocycles. The van der Waals surface area contributed by atoms with E-state index in [1.165, 1.54) is 12.1 Å². The van der Waals surface area contributed by atoms with Gasteiger partial charge in [-0.2, -0.15) is 0 Å². The number of halogens is 4. The largest absolute Gasteiger partial charge is 0.370 e. The van der Waals surface area contributed by atoms with E-state index in [9.17, 15) is 9.18 Å². The first-order valence-electron chi connectivity index (χ1n) is 10.8. The van der Waals surface area contributed by atoms with Crippen LogP contribution in [0.1, 0.15) is 11.1 Å². The number of H-pyrrole nitrogens is 2. The van der Waals surface area contributed by atoms with E-state index in [4.69, 9.17) is 34.8 Å². The Labute approximate surface area is 220 Å². The zero-order valence-corrected chi connectivity index (χ0v) is 21.2. The first-order chi connectivity index (χ1) is 17.2. The molecular formula is C26H19Cl3FN5O. The van der Waals surface area contributed by atoms with Crippen molar-refractivity contribution in [3.63, 3.8) is 0 Å². The van der Waals surface area contributed by atoms with Gasteiger partial charge in [-0.25, -0.2) is 14.2 Å². The van der Waals surface area contributed by atoms with Crippen molar-refractivity contribution in [1.29, 1.82) is 0 Å². The van der Waals surface area contributed by atoms with E-state index >= 15 is 0 Å². The first-order valence-corrected chi connectivity index (χ1v) is 11.9. The van der Waals surface area contributed by atoms with Crippen LogP contribution in [0.4, 0.5) is 4.39 Å². The lowest BCUT2D eigenvalue weighted by Crippen LogP contribution is -2.17. The van der Waals surface area contributed by atoms with Gasteiger partial charge < -0.3 is 14.9 Å². The zero-order valence-electron chi connectivity index (χ0n) is 18.9. The van der Waals surface area contributed by atoms with Crippen molar-refractivity contribution in [2.45, 2.75) is 6.54 Å². The van der Waals surface area contributed by atoms with Gasteiger partial charge in [-0.15, -0.1) is 0 Å². The molecule has 182 valence electrons. The highest BCUT2D eigenvalue weighted by Gasteiger charge is 2.17. The summed E-state index contributed by atoms with van der Waals surface area (Å²) in [4.78, 5) is 23.6. The van der Waals surface area contributed by atoms with E-state index in [-0.39, 0.29) is 10.7 Å². The maximum absolute atomic E-state index is 14.1. The molecule has 0 unspecified atom stereocenters.